The van der Waals surface area contributed by atoms with Crippen LogP contribution >= 0.6 is 23.2 Å². The van der Waals surface area contributed by atoms with Gasteiger partial charge in [0.2, 0.25) is 0 Å². The molecule has 0 saturated heterocycles. The van der Waals surface area contributed by atoms with Crippen LogP contribution in [0.5, 0.6) is 0 Å². The molecule has 0 spiro atoms. The molecule has 0 aliphatic rings. The number of nitrogens with two attached hydrogens (primary N) is 1. The highest BCUT2D eigenvalue weighted by atomic mass is 35.5. The molecule has 0 atom stereocenters. The molecular weight excluding hydrogens is 269 g/mol. The van der Waals surface area contributed by atoms with Crippen molar-refractivity contribution in [2.45, 2.75) is 39.5 Å². The molecule has 1 rings (SSSR count). The first-order valence-corrected chi connectivity index (χ1v) is 7.22. The third-order valence-corrected chi connectivity index (χ3v) is 3.38. The van der Waals surface area contributed by atoms with Gasteiger partial charge in [0.1, 0.15) is 11.6 Å². The van der Waals surface area contributed by atoms with Crippen LogP contribution in [0.2, 0.25) is 10.0 Å². The molecule has 1 aromatic rings. The smallest absolute Gasteiger partial charge is 0.149 e. The van der Waals surface area contributed by atoms with E-state index in [9.17, 15) is 0 Å². The zero-order valence-corrected chi connectivity index (χ0v) is 12.6. The van der Waals surface area contributed by atoms with Gasteiger partial charge in [0, 0.05) is 13.1 Å². The second-order valence-corrected chi connectivity index (χ2v) is 5.17. The van der Waals surface area contributed by atoms with Crippen molar-refractivity contribution in [2.75, 3.05) is 23.7 Å². The average molecular weight is 290 g/mol. The molecule has 3 nitrogen and oxygen atoms in total. The van der Waals surface area contributed by atoms with Gasteiger partial charge in [-0.2, -0.15) is 0 Å². The Balaban J connectivity index is 2.92. The molecule has 0 amide bonds. The fourth-order valence-electron chi connectivity index (χ4n) is 1.71. The van der Waals surface area contributed by atoms with Crippen LogP contribution in [0, 0.1) is 0 Å². The van der Waals surface area contributed by atoms with Crippen molar-refractivity contribution < 1.29 is 0 Å². The second-order valence-electron chi connectivity index (χ2n) is 4.36. The summed E-state index contributed by atoms with van der Waals surface area (Å²) in [5, 5.41) is 0.982. The minimum atomic E-state index is 0.342. The minimum absolute atomic E-state index is 0.342. The fourth-order valence-corrected chi connectivity index (χ4v) is 2.19. The summed E-state index contributed by atoms with van der Waals surface area (Å²) < 4.78 is 0. The van der Waals surface area contributed by atoms with Crippen LogP contribution < -0.4 is 10.6 Å². The largest absolute Gasteiger partial charge is 0.382 e. The Labute approximate surface area is 119 Å². The lowest BCUT2D eigenvalue weighted by atomic mass is 10.2. The molecule has 1 heterocycles. The van der Waals surface area contributed by atoms with Gasteiger partial charge in [-0.05, 0) is 18.9 Å². The Kier molecular flexibility index (Phi) is 6.58. The van der Waals surface area contributed by atoms with Gasteiger partial charge in [-0.25, -0.2) is 4.98 Å². The van der Waals surface area contributed by atoms with Crippen LogP contribution in [0.1, 0.15) is 39.5 Å². The lowest BCUT2D eigenvalue weighted by Crippen LogP contribution is -2.27. The highest BCUT2D eigenvalue weighted by Gasteiger charge is 2.13. The Morgan fingerprint density at radius 3 is 2.17 bits per heavy atom. The predicted octanol–water partition coefficient (Wildman–Crippen LogP) is 4.38. The first-order valence-electron chi connectivity index (χ1n) is 6.46. The maximum atomic E-state index is 6.21. The maximum absolute atomic E-state index is 6.21. The highest BCUT2D eigenvalue weighted by Crippen LogP contribution is 2.30. The van der Waals surface area contributed by atoms with Crippen molar-refractivity contribution in [1.29, 1.82) is 0 Å². The summed E-state index contributed by atoms with van der Waals surface area (Å²) in [5.74, 6) is 1.09. The van der Waals surface area contributed by atoms with E-state index in [4.69, 9.17) is 28.9 Å². The summed E-state index contributed by atoms with van der Waals surface area (Å²) >= 11 is 12.1. The first-order chi connectivity index (χ1) is 8.60. The van der Waals surface area contributed by atoms with Crippen LogP contribution in [0.25, 0.3) is 0 Å². The van der Waals surface area contributed by atoms with Crippen molar-refractivity contribution in [3.63, 3.8) is 0 Å². The van der Waals surface area contributed by atoms with E-state index >= 15 is 0 Å². The second kappa shape index (κ2) is 7.70. The summed E-state index contributed by atoms with van der Waals surface area (Å²) in [6.07, 6.45) is 4.52. The number of unbranched alkanes of at least 4 members (excludes halogenated alkanes) is 2. The Bertz CT molecular complexity index is 375. The van der Waals surface area contributed by atoms with E-state index < -0.39 is 0 Å². The van der Waals surface area contributed by atoms with Crippen molar-refractivity contribution in [3.05, 3.63) is 16.1 Å². The minimum Gasteiger partial charge on any atom is -0.382 e. The monoisotopic (exact) mass is 289 g/mol. The number of hydrogen-bond acceptors (Lipinski definition) is 3. The van der Waals surface area contributed by atoms with E-state index in [0.29, 0.717) is 15.9 Å². The number of hydrogen-bond donors (Lipinski definition) is 1. The van der Waals surface area contributed by atoms with Gasteiger partial charge in [0.15, 0.2) is 0 Å². The van der Waals surface area contributed by atoms with E-state index in [-0.39, 0.29) is 0 Å². The molecule has 18 heavy (non-hydrogen) atoms. The van der Waals surface area contributed by atoms with E-state index in [1.807, 2.05) is 0 Å². The van der Waals surface area contributed by atoms with Gasteiger partial charge in [0.05, 0.1) is 10.0 Å². The van der Waals surface area contributed by atoms with Crippen LogP contribution in [0.4, 0.5) is 11.6 Å². The normalized spacial score (nSPS) is 10.7. The van der Waals surface area contributed by atoms with Gasteiger partial charge in [-0.15, -0.1) is 0 Å². The number of halogens is 2. The summed E-state index contributed by atoms with van der Waals surface area (Å²) in [6, 6.07) is 1.67. The molecule has 0 aliphatic carbocycles. The lowest BCUT2D eigenvalue weighted by molar-refractivity contribution is 0.672. The average Bonchev–Trinajstić information content (AvgIpc) is 2.35. The van der Waals surface area contributed by atoms with Crippen molar-refractivity contribution in [3.8, 4) is 0 Å². The molecule has 0 radical (unpaired) electrons. The van der Waals surface area contributed by atoms with Gasteiger partial charge < -0.3 is 10.6 Å². The Hall–Kier alpha value is -0.670. The number of nitrogen functional groups attached to an aromatic ring is 1. The van der Waals surface area contributed by atoms with E-state index in [1.54, 1.807) is 6.07 Å². The quantitative estimate of drug-likeness (QED) is 0.810. The maximum Gasteiger partial charge on any atom is 0.149 e. The molecule has 0 bridgehead atoms. The van der Waals surface area contributed by atoms with Crippen molar-refractivity contribution >= 4 is 34.8 Å². The Morgan fingerprint density at radius 1 is 1.11 bits per heavy atom. The summed E-state index contributed by atoms with van der Waals surface area (Å²) in [6.45, 7) is 6.24. The number of nitrogens with zero attached hydrogens (tertiary/aromatic N) is 2. The third kappa shape index (κ3) is 4.21. The summed E-state index contributed by atoms with van der Waals surface area (Å²) in [4.78, 5) is 6.51. The van der Waals surface area contributed by atoms with E-state index in [1.165, 1.54) is 0 Å². The predicted molar refractivity (Wildman–Crippen MR) is 80.7 cm³/mol. The van der Waals surface area contributed by atoms with Crippen LogP contribution in [-0.4, -0.2) is 18.1 Å². The summed E-state index contributed by atoms with van der Waals surface area (Å²) in [5.41, 5.74) is 5.76. The van der Waals surface area contributed by atoms with Gasteiger partial charge >= 0.3 is 0 Å². The molecule has 5 heteroatoms. The zero-order valence-electron chi connectivity index (χ0n) is 11.0. The molecule has 0 fully saturated rings. The first kappa shape index (κ1) is 15.4. The van der Waals surface area contributed by atoms with Gasteiger partial charge in [-0.3, -0.25) is 0 Å². The number of pyridine rings is 1. The fraction of sp³-hybridized carbons (Fsp3) is 0.615. The molecule has 0 unspecified atom stereocenters. The van der Waals surface area contributed by atoms with Gasteiger partial charge in [-0.1, -0.05) is 49.9 Å². The van der Waals surface area contributed by atoms with E-state index in [2.05, 4.69) is 23.7 Å². The van der Waals surface area contributed by atoms with Crippen molar-refractivity contribution in [1.82, 2.24) is 4.98 Å². The molecule has 0 aromatic carbocycles. The number of aromatic nitrogens is 1. The Morgan fingerprint density at radius 2 is 1.67 bits per heavy atom. The molecule has 0 aliphatic heterocycles. The topological polar surface area (TPSA) is 42.2 Å². The molecule has 2 N–H and O–H groups in total. The molecular formula is C13H21Cl2N3. The highest BCUT2D eigenvalue weighted by molar-refractivity contribution is 6.37. The molecule has 1 aromatic heterocycles. The molecule has 102 valence electrons. The van der Waals surface area contributed by atoms with Gasteiger partial charge in [0.25, 0.3) is 0 Å². The molecule has 0 saturated carbocycles. The standard InChI is InChI=1S/C13H21Cl2N3/c1-3-5-7-18(8-6-4-2)13-11(15)9-10(14)12(16)17-13/h9H,3-8H2,1-2H3,(H2,16,17). The van der Waals surface area contributed by atoms with Crippen LogP contribution in [0.15, 0.2) is 6.07 Å². The third-order valence-electron chi connectivity index (χ3n) is 2.80. The number of anilines is 2. The van der Waals surface area contributed by atoms with Crippen LogP contribution in [0.3, 0.4) is 0 Å². The number of rotatable bonds is 7. The van der Waals surface area contributed by atoms with E-state index in [0.717, 1.165) is 44.6 Å². The van der Waals surface area contributed by atoms with Crippen molar-refractivity contribution in [2.24, 2.45) is 0 Å². The summed E-state index contributed by atoms with van der Waals surface area (Å²) in [7, 11) is 0. The SMILES string of the molecule is CCCCN(CCCC)c1nc(N)c(Cl)cc1Cl. The zero-order chi connectivity index (χ0) is 13.5. The lowest BCUT2D eigenvalue weighted by Gasteiger charge is -2.24. The van der Waals surface area contributed by atoms with Crippen LogP contribution in [-0.2, 0) is 0 Å².